The number of nitrogens with two attached hydrogens (primary N) is 1. The number of carbonyl (C=O) groups is 1. The fraction of sp³-hybridized carbons (Fsp3) is 0.750. The van der Waals surface area contributed by atoms with E-state index in [2.05, 4.69) is 24.2 Å². The van der Waals surface area contributed by atoms with Crippen molar-refractivity contribution in [3.63, 3.8) is 0 Å². The summed E-state index contributed by atoms with van der Waals surface area (Å²) in [5, 5.41) is 8.33. The van der Waals surface area contributed by atoms with Gasteiger partial charge in [0.2, 0.25) is 5.91 Å². The second kappa shape index (κ2) is 4.85. The van der Waals surface area contributed by atoms with Gasteiger partial charge in [-0.05, 0) is 32.1 Å². The topological polar surface area (TPSA) is 73.8 Å². The van der Waals surface area contributed by atoms with Crippen molar-refractivity contribution in [1.29, 1.82) is 0 Å². The van der Waals surface area contributed by atoms with Crippen molar-refractivity contribution in [3.05, 3.63) is 11.4 Å². The average Bonchev–Trinajstić information content (AvgIpc) is 3.04. The molecule has 1 unspecified atom stereocenters. The number of amides is 1. The molecule has 1 aromatic rings. The molecule has 1 aromatic heterocycles. The molecule has 0 saturated heterocycles. The summed E-state index contributed by atoms with van der Waals surface area (Å²) in [4.78, 5) is 11.0. The van der Waals surface area contributed by atoms with E-state index in [-0.39, 0.29) is 12.3 Å². The molecule has 1 fully saturated rings. The lowest BCUT2D eigenvalue weighted by atomic mass is 10.1. The SMILES string of the molecule is CCCc1c(CC(N)=O)nnn1C(C)C1CC1. The number of rotatable bonds is 6. The molecule has 0 spiro atoms. The van der Waals surface area contributed by atoms with E-state index in [0.717, 1.165) is 30.1 Å². The van der Waals surface area contributed by atoms with Crippen LogP contribution in [-0.4, -0.2) is 20.9 Å². The Hall–Kier alpha value is -1.39. The molecule has 1 saturated carbocycles. The van der Waals surface area contributed by atoms with E-state index in [1.165, 1.54) is 12.8 Å². The smallest absolute Gasteiger partial charge is 0.223 e. The number of aromatic nitrogens is 3. The Labute approximate surface area is 101 Å². The second-order valence-electron chi connectivity index (χ2n) is 4.90. The van der Waals surface area contributed by atoms with E-state index < -0.39 is 0 Å². The van der Waals surface area contributed by atoms with Gasteiger partial charge in [0.05, 0.1) is 23.9 Å². The van der Waals surface area contributed by atoms with Crippen LogP contribution < -0.4 is 5.73 Å². The van der Waals surface area contributed by atoms with Crippen LogP contribution >= 0.6 is 0 Å². The van der Waals surface area contributed by atoms with Crippen molar-refractivity contribution in [2.24, 2.45) is 11.7 Å². The second-order valence-corrected chi connectivity index (χ2v) is 4.90. The van der Waals surface area contributed by atoms with Crippen molar-refractivity contribution < 1.29 is 4.79 Å². The number of carbonyl (C=O) groups excluding carboxylic acids is 1. The third-order valence-corrected chi connectivity index (χ3v) is 3.39. The summed E-state index contributed by atoms with van der Waals surface area (Å²) in [5.41, 5.74) is 7.08. The molecule has 0 aromatic carbocycles. The summed E-state index contributed by atoms with van der Waals surface area (Å²) in [6.07, 6.45) is 4.69. The minimum absolute atomic E-state index is 0.201. The molecule has 94 valence electrons. The predicted molar refractivity (Wildman–Crippen MR) is 64.4 cm³/mol. The molecule has 1 aliphatic rings. The predicted octanol–water partition coefficient (Wildman–Crippen LogP) is 1.23. The summed E-state index contributed by atoms with van der Waals surface area (Å²) in [7, 11) is 0. The van der Waals surface area contributed by atoms with E-state index in [4.69, 9.17) is 5.73 Å². The zero-order valence-corrected chi connectivity index (χ0v) is 10.5. The molecule has 5 heteroatoms. The van der Waals surface area contributed by atoms with Gasteiger partial charge < -0.3 is 5.73 Å². The maximum atomic E-state index is 11.0. The molecule has 0 aliphatic heterocycles. The molecule has 17 heavy (non-hydrogen) atoms. The first kappa shape index (κ1) is 12.1. The van der Waals surface area contributed by atoms with Crippen LogP contribution in [-0.2, 0) is 17.6 Å². The highest BCUT2D eigenvalue weighted by molar-refractivity contribution is 5.76. The van der Waals surface area contributed by atoms with E-state index in [1.54, 1.807) is 0 Å². The molecule has 1 amide bonds. The Morgan fingerprint density at radius 1 is 1.59 bits per heavy atom. The molecule has 1 heterocycles. The first-order valence-corrected chi connectivity index (χ1v) is 6.34. The van der Waals surface area contributed by atoms with Crippen molar-refractivity contribution in [1.82, 2.24) is 15.0 Å². The van der Waals surface area contributed by atoms with E-state index in [9.17, 15) is 4.79 Å². The van der Waals surface area contributed by atoms with Gasteiger partial charge >= 0.3 is 0 Å². The zero-order valence-electron chi connectivity index (χ0n) is 10.5. The third-order valence-electron chi connectivity index (χ3n) is 3.39. The van der Waals surface area contributed by atoms with Crippen LogP contribution in [0.1, 0.15) is 50.5 Å². The Morgan fingerprint density at radius 3 is 2.82 bits per heavy atom. The molecule has 5 nitrogen and oxygen atoms in total. The van der Waals surface area contributed by atoms with Gasteiger partial charge in [-0.3, -0.25) is 4.79 Å². The monoisotopic (exact) mass is 236 g/mol. The van der Waals surface area contributed by atoms with Gasteiger partial charge in [-0.15, -0.1) is 5.10 Å². The number of hydrogen-bond donors (Lipinski definition) is 1. The number of nitrogens with zero attached hydrogens (tertiary/aromatic N) is 3. The normalized spacial score (nSPS) is 17.1. The summed E-state index contributed by atoms with van der Waals surface area (Å²) in [5.74, 6) is 0.391. The van der Waals surface area contributed by atoms with Crippen LogP contribution in [0.4, 0.5) is 0 Å². The average molecular weight is 236 g/mol. The van der Waals surface area contributed by atoms with Crippen LogP contribution in [0, 0.1) is 5.92 Å². The molecule has 2 rings (SSSR count). The fourth-order valence-electron chi connectivity index (χ4n) is 2.25. The van der Waals surface area contributed by atoms with Crippen LogP contribution in [0.25, 0.3) is 0 Å². The van der Waals surface area contributed by atoms with Crippen LogP contribution in [0.3, 0.4) is 0 Å². The Balaban J connectivity index is 2.24. The molecule has 0 radical (unpaired) electrons. The maximum absolute atomic E-state index is 11.0. The lowest BCUT2D eigenvalue weighted by Gasteiger charge is -2.13. The van der Waals surface area contributed by atoms with Gasteiger partial charge in [0.15, 0.2) is 0 Å². The lowest BCUT2D eigenvalue weighted by molar-refractivity contribution is -0.117. The van der Waals surface area contributed by atoms with E-state index >= 15 is 0 Å². The van der Waals surface area contributed by atoms with Crippen molar-refractivity contribution in [3.8, 4) is 0 Å². The van der Waals surface area contributed by atoms with Crippen LogP contribution in [0.15, 0.2) is 0 Å². The molecule has 2 N–H and O–H groups in total. The quantitative estimate of drug-likeness (QED) is 0.807. The van der Waals surface area contributed by atoms with E-state index in [0.29, 0.717) is 6.04 Å². The highest BCUT2D eigenvalue weighted by Crippen LogP contribution is 2.39. The van der Waals surface area contributed by atoms with E-state index in [1.807, 2.05) is 4.68 Å². The number of hydrogen-bond acceptors (Lipinski definition) is 3. The summed E-state index contributed by atoms with van der Waals surface area (Å²) >= 11 is 0. The highest BCUT2D eigenvalue weighted by atomic mass is 16.1. The van der Waals surface area contributed by atoms with Gasteiger partial charge in [-0.1, -0.05) is 18.6 Å². The Bertz CT molecular complexity index is 409. The van der Waals surface area contributed by atoms with Crippen molar-refractivity contribution in [2.45, 2.75) is 52.0 Å². The lowest BCUT2D eigenvalue weighted by Crippen LogP contribution is -2.17. The minimum atomic E-state index is -0.339. The fourth-order valence-corrected chi connectivity index (χ4v) is 2.25. The first-order valence-electron chi connectivity index (χ1n) is 6.34. The Kier molecular flexibility index (Phi) is 3.45. The molecular formula is C12H20N4O. The van der Waals surface area contributed by atoms with Gasteiger partial charge in [0.1, 0.15) is 0 Å². The molecule has 1 atom stereocenters. The highest BCUT2D eigenvalue weighted by Gasteiger charge is 2.31. The molecule has 0 bridgehead atoms. The standard InChI is InChI=1S/C12H20N4O/c1-3-4-11-10(7-12(13)17)14-15-16(11)8(2)9-5-6-9/h8-9H,3-7H2,1-2H3,(H2,13,17). The number of primary amides is 1. The van der Waals surface area contributed by atoms with Gasteiger partial charge in [0, 0.05) is 0 Å². The van der Waals surface area contributed by atoms with Crippen LogP contribution in [0.2, 0.25) is 0 Å². The third kappa shape index (κ3) is 2.65. The summed E-state index contributed by atoms with van der Waals surface area (Å²) < 4.78 is 2.00. The summed E-state index contributed by atoms with van der Waals surface area (Å²) in [6.45, 7) is 4.30. The molecular weight excluding hydrogens is 216 g/mol. The molecule has 1 aliphatic carbocycles. The Morgan fingerprint density at radius 2 is 2.29 bits per heavy atom. The minimum Gasteiger partial charge on any atom is -0.369 e. The van der Waals surface area contributed by atoms with Crippen molar-refractivity contribution in [2.75, 3.05) is 0 Å². The first-order chi connectivity index (χ1) is 8.13. The summed E-state index contributed by atoms with van der Waals surface area (Å²) in [6, 6.07) is 0.394. The largest absolute Gasteiger partial charge is 0.369 e. The van der Waals surface area contributed by atoms with Gasteiger partial charge in [0.25, 0.3) is 0 Å². The van der Waals surface area contributed by atoms with Crippen LogP contribution in [0.5, 0.6) is 0 Å². The van der Waals surface area contributed by atoms with Gasteiger partial charge in [-0.2, -0.15) is 0 Å². The zero-order chi connectivity index (χ0) is 12.4. The maximum Gasteiger partial charge on any atom is 0.223 e. The van der Waals surface area contributed by atoms with Crippen molar-refractivity contribution >= 4 is 5.91 Å². The van der Waals surface area contributed by atoms with Gasteiger partial charge in [-0.25, -0.2) is 4.68 Å².